The maximum absolute atomic E-state index is 10.8. The lowest BCUT2D eigenvalue weighted by atomic mass is 10.4. The van der Waals surface area contributed by atoms with Crippen LogP contribution in [0.15, 0.2) is 0 Å². The lowest BCUT2D eigenvalue weighted by molar-refractivity contribution is -0.00653. The molecular weight excluding hydrogens is 224 g/mol. The van der Waals surface area contributed by atoms with Gasteiger partial charge in [-0.2, -0.15) is 0 Å². The summed E-state index contributed by atoms with van der Waals surface area (Å²) < 4.78 is 19.4. The summed E-state index contributed by atoms with van der Waals surface area (Å²) >= 11 is 5.31. The van der Waals surface area contributed by atoms with Crippen LogP contribution in [-0.2, 0) is 18.9 Å². The third kappa shape index (κ3) is 9.78. The first kappa shape index (κ1) is 14.5. The Bertz CT molecular complexity index is 165. The highest BCUT2D eigenvalue weighted by Gasteiger charge is 2.03. The number of hydrogen-bond acceptors (Lipinski definition) is 5. The van der Waals surface area contributed by atoms with Crippen LogP contribution in [-0.4, -0.2) is 51.7 Å². The number of carbonyl (C=O) groups excluding carboxylic acids is 1. The van der Waals surface area contributed by atoms with E-state index in [2.05, 4.69) is 9.47 Å². The lowest BCUT2D eigenvalue weighted by Gasteiger charge is -2.10. The largest absolute Gasteiger partial charge is 0.508 e. The molecule has 0 radical (unpaired) electrons. The molecule has 0 rings (SSSR count). The third-order valence-corrected chi connectivity index (χ3v) is 1.65. The van der Waals surface area contributed by atoms with Crippen molar-refractivity contribution in [1.82, 2.24) is 0 Å². The second-order valence-electron chi connectivity index (χ2n) is 2.76. The Morgan fingerprint density at radius 3 is 2.53 bits per heavy atom. The highest BCUT2D eigenvalue weighted by molar-refractivity contribution is 6.18. The molecule has 5 nitrogen and oxygen atoms in total. The van der Waals surface area contributed by atoms with Gasteiger partial charge in [0.25, 0.3) is 0 Å². The molecule has 0 amide bonds. The van der Waals surface area contributed by atoms with E-state index in [4.69, 9.17) is 21.1 Å². The van der Waals surface area contributed by atoms with Gasteiger partial charge in [0.05, 0.1) is 25.2 Å². The zero-order valence-corrected chi connectivity index (χ0v) is 9.79. The van der Waals surface area contributed by atoms with Crippen LogP contribution in [0.25, 0.3) is 0 Å². The van der Waals surface area contributed by atoms with E-state index in [1.165, 1.54) is 0 Å². The maximum Gasteiger partial charge on any atom is 0.508 e. The number of alkyl halides is 1. The predicted octanol–water partition coefficient (Wildman–Crippen LogP) is 1.43. The molecule has 0 spiro atoms. The van der Waals surface area contributed by atoms with Crippen LogP contribution in [0.1, 0.15) is 6.92 Å². The van der Waals surface area contributed by atoms with E-state index in [1.54, 1.807) is 7.11 Å². The molecule has 90 valence electrons. The van der Waals surface area contributed by atoms with Gasteiger partial charge in [-0.15, -0.1) is 11.6 Å². The topological polar surface area (TPSA) is 54.0 Å². The van der Waals surface area contributed by atoms with Crippen molar-refractivity contribution in [2.75, 3.05) is 39.4 Å². The normalized spacial score (nSPS) is 12.2. The maximum atomic E-state index is 10.8. The second kappa shape index (κ2) is 10.0. The van der Waals surface area contributed by atoms with Gasteiger partial charge in [-0.1, -0.05) is 0 Å². The van der Waals surface area contributed by atoms with Gasteiger partial charge in [-0.05, 0) is 6.92 Å². The van der Waals surface area contributed by atoms with Gasteiger partial charge >= 0.3 is 6.16 Å². The molecule has 0 aromatic carbocycles. The molecule has 0 heterocycles. The SMILES string of the molecule is COC(C)COCCOC(=O)OCCCl. The summed E-state index contributed by atoms with van der Waals surface area (Å²) in [5.74, 6) is 0.261. The van der Waals surface area contributed by atoms with Gasteiger partial charge in [0.2, 0.25) is 0 Å². The minimum Gasteiger partial charge on any atom is -0.433 e. The Kier molecular flexibility index (Phi) is 9.67. The molecule has 0 aromatic rings. The molecule has 0 bridgehead atoms. The summed E-state index contributed by atoms with van der Waals surface area (Å²) in [5.41, 5.74) is 0. The molecule has 0 fully saturated rings. The fourth-order valence-electron chi connectivity index (χ4n) is 0.665. The van der Waals surface area contributed by atoms with Crippen LogP contribution >= 0.6 is 11.6 Å². The molecule has 0 N–H and O–H groups in total. The van der Waals surface area contributed by atoms with Crippen LogP contribution in [0.5, 0.6) is 0 Å². The molecule has 6 heteroatoms. The molecule has 0 saturated heterocycles. The van der Waals surface area contributed by atoms with Crippen molar-refractivity contribution in [3.05, 3.63) is 0 Å². The smallest absolute Gasteiger partial charge is 0.433 e. The lowest BCUT2D eigenvalue weighted by Crippen LogP contribution is -2.18. The van der Waals surface area contributed by atoms with Gasteiger partial charge in [-0.25, -0.2) is 4.79 Å². The summed E-state index contributed by atoms with van der Waals surface area (Å²) in [6.45, 7) is 3.00. The molecule has 15 heavy (non-hydrogen) atoms. The standard InChI is InChI=1S/C9H17ClO5/c1-8(12-2)7-13-5-6-15-9(11)14-4-3-10/h8H,3-7H2,1-2H3. The first-order valence-electron chi connectivity index (χ1n) is 4.66. The summed E-state index contributed by atoms with van der Waals surface area (Å²) in [6.07, 6.45) is -0.688. The zero-order chi connectivity index (χ0) is 11.5. The van der Waals surface area contributed by atoms with E-state index in [0.29, 0.717) is 13.2 Å². The van der Waals surface area contributed by atoms with Crippen molar-refractivity contribution in [3.8, 4) is 0 Å². The highest BCUT2D eigenvalue weighted by atomic mass is 35.5. The number of rotatable bonds is 8. The first-order chi connectivity index (χ1) is 7.20. The molecule has 1 unspecified atom stereocenters. The van der Waals surface area contributed by atoms with Gasteiger partial charge in [-0.3, -0.25) is 0 Å². The summed E-state index contributed by atoms with van der Waals surface area (Å²) in [6, 6.07) is 0. The Morgan fingerprint density at radius 1 is 1.27 bits per heavy atom. The van der Waals surface area contributed by atoms with Crippen LogP contribution in [0, 0.1) is 0 Å². The fourth-order valence-corrected chi connectivity index (χ4v) is 0.742. The predicted molar refractivity (Wildman–Crippen MR) is 55.3 cm³/mol. The average molecular weight is 241 g/mol. The number of ether oxygens (including phenoxy) is 4. The molecule has 0 aliphatic heterocycles. The summed E-state index contributed by atoms with van der Waals surface area (Å²) in [7, 11) is 1.61. The van der Waals surface area contributed by atoms with Crippen molar-refractivity contribution in [1.29, 1.82) is 0 Å². The number of carbonyl (C=O) groups is 1. The Labute approximate surface area is 94.6 Å². The van der Waals surface area contributed by atoms with Crippen molar-refractivity contribution in [2.24, 2.45) is 0 Å². The van der Waals surface area contributed by atoms with E-state index >= 15 is 0 Å². The van der Waals surface area contributed by atoms with Crippen LogP contribution < -0.4 is 0 Å². The van der Waals surface area contributed by atoms with Gasteiger partial charge in [0.15, 0.2) is 0 Å². The number of methoxy groups -OCH3 is 1. The van der Waals surface area contributed by atoms with Crippen molar-refractivity contribution in [2.45, 2.75) is 13.0 Å². The van der Waals surface area contributed by atoms with E-state index in [-0.39, 0.29) is 25.2 Å². The van der Waals surface area contributed by atoms with E-state index in [0.717, 1.165) is 0 Å². The second-order valence-corrected chi connectivity index (χ2v) is 3.14. The number of hydrogen-bond donors (Lipinski definition) is 0. The van der Waals surface area contributed by atoms with Crippen molar-refractivity contribution < 1.29 is 23.7 Å². The Hall–Kier alpha value is -0.520. The molecule has 1 atom stereocenters. The van der Waals surface area contributed by atoms with Crippen molar-refractivity contribution in [3.63, 3.8) is 0 Å². The molecular formula is C9H17ClO5. The minimum atomic E-state index is -0.723. The fraction of sp³-hybridized carbons (Fsp3) is 0.889. The van der Waals surface area contributed by atoms with E-state index in [9.17, 15) is 4.79 Å². The molecule has 0 aromatic heterocycles. The monoisotopic (exact) mass is 240 g/mol. The molecule has 0 aliphatic rings. The molecule has 0 saturated carbocycles. The Balaban J connectivity index is 3.19. The van der Waals surface area contributed by atoms with Gasteiger partial charge in [0, 0.05) is 7.11 Å². The minimum absolute atomic E-state index is 0.0354. The average Bonchev–Trinajstić information content (AvgIpc) is 2.25. The quantitative estimate of drug-likeness (QED) is 0.365. The van der Waals surface area contributed by atoms with Gasteiger partial charge < -0.3 is 18.9 Å². The molecule has 0 aliphatic carbocycles. The highest BCUT2D eigenvalue weighted by Crippen LogP contribution is 1.90. The van der Waals surface area contributed by atoms with Crippen LogP contribution in [0.4, 0.5) is 4.79 Å². The summed E-state index contributed by atoms with van der Waals surface area (Å²) in [4.78, 5) is 10.8. The van der Waals surface area contributed by atoms with Crippen molar-refractivity contribution >= 4 is 17.8 Å². The summed E-state index contributed by atoms with van der Waals surface area (Å²) in [5, 5.41) is 0. The van der Waals surface area contributed by atoms with Crippen LogP contribution in [0.3, 0.4) is 0 Å². The van der Waals surface area contributed by atoms with Crippen LogP contribution in [0.2, 0.25) is 0 Å². The number of halogens is 1. The Morgan fingerprint density at radius 2 is 1.93 bits per heavy atom. The first-order valence-corrected chi connectivity index (χ1v) is 5.20. The van der Waals surface area contributed by atoms with E-state index < -0.39 is 6.16 Å². The third-order valence-electron chi connectivity index (χ3n) is 1.50. The van der Waals surface area contributed by atoms with Gasteiger partial charge in [0.1, 0.15) is 13.2 Å². The zero-order valence-electron chi connectivity index (χ0n) is 9.03. The van der Waals surface area contributed by atoms with E-state index in [1.807, 2.05) is 6.92 Å².